The summed E-state index contributed by atoms with van der Waals surface area (Å²) in [5.74, 6) is 1.74. The largest absolute Gasteiger partial charge is 0.330 e. The van der Waals surface area contributed by atoms with Crippen molar-refractivity contribution in [2.75, 3.05) is 0 Å². The van der Waals surface area contributed by atoms with Crippen LogP contribution in [0.3, 0.4) is 0 Å². The molecule has 3 heterocycles. The van der Waals surface area contributed by atoms with Crippen LogP contribution in [0, 0.1) is 0 Å². The molecule has 2 fully saturated rings. The number of hydrogen-bond acceptors (Lipinski definition) is 7. The summed E-state index contributed by atoms with van der Waals surface area (Å²) in [5, 5.41) is 1.63. The Morgan fingerprint density at radius 3 is 2.52 bits per heavy atom. The maximum Gasteiger partial charge on any atom is 0.330 e. The summed E-state index contributed by atoms with van der Waals surface area (Å²) in [7, 11) is 0. The molecule has 2 aliphatic carbocycles. The number of hydrogen-bond donors (Lipinski definition) is 1. The summed E-state index contributed by atoms with van der Waals surface area (Å²) in [5.41, 5.74) is -0.575. The first-order valence-corrected chi connectivity index (χ1v) is 10.7. The lowest BCUT2D eigenvalue weighted by Gasteiger charge is -2.16. The second kappa shape index (κ2) is 6.48. The third-order valence-corrected chi connectivity index (χ3v) is 6.05. The molecular weight excluding hydrogens is 388 g/mol. The first-order chi connectivity index (χ1) is 13.8. The molecule has 0 atom stereocenters. The van der Waals surface area contributed by atoms with Gasteiger partial charge in [0, 0.05) is 23.6 Å². The van der Waals surface area contributed by atoms with Gasteiger partial charge in [0.15, 0.2) is 5.65 Å². The predicted molar refractivity (Wildman–Crippen MR) is 110 cm³/mol. The Bertz CT molecular complexity index is 1230. The van der Waals surface area contributed by atoms with Gasteiger partial charge in [0.2, 0.25) is 0 Å². The van der Waals surface area contributed by atoms with Crippen LogP contribution >= 0.6 is 11.8 Å². The molecule has 0 bridgehead atoms. The summed E-state index contributed by atoms with van der Waals surface area (Å²) >= 11 is 1.33. The summed E-state index contributed by atoms with van der Waals surface area (Å²) in [4.78, 5) is 46.1. The molecule has 0 aliphatic heterocycles. The molecule has 8 nitrogen and oxygen atoms in total. The number of H-pyrrole nitrogens is 1. The molecule has 3 aromatic heterocycles. The maximum atomic E-state index is 12.7. The lowest BCUT2D eigenvalue weighted by Crippen LogP contribution is -2.31. The van der Waals surface area contributed by atoms with Crippen molar-refractivity contribution in [3.8, 4) is 0 Å². The zero-order valence-electron chi connectivity index (χ0n) is 16.6. The highest BCUT2D eigenvalue weighted by atomic mass is 32.2. The van der Waals surface area contributed by atoms with Crippen LogP contribution in [0.1, 0.15) is 70.1 Å². The van der Waals surface area contributed by atoms with Gasteiger partial charge in [-0.3, -0.25) is 14.3 Å². The topological polar surface area (TPSA) is 106 Å². The smallest absolute Gasteiger partial charge is 0.274 e. The Morgan fingerprint density at radius 1 is 1.10 bits per heavy atom. The highest BCUT2D eigenvalue weighted by Gasteiger charge is 2.32. The molecule has 2 aliphatic rings. The second-order valence-corrected chi connectivity index (χ2v) is 9.80. The molecule has 2 saturated carbocycles. The Hall–Kier alpha value is -2.55. The van der Waals surface area contributed by atoms with E-state index in [-0.39, 0.29) is 11.5 Å². The van der Waals surface area contributed by atoms with E-state index in [0.29, 0.717) is 27.8 Å². The standard InChI is InChI=1S/C20H22N6O2S/c1-20(2,3)18-21-9-8-12(22-18)29-17-13-15(23-14(24-17)10-4-5-10)26(11-6-7-11)19(28)25-16(13)27/h8-11H,4-7H2,1-3H3,(H,25,27,28). The van der Waals surface area contributed by atoms with E-state index in [9.17, 15) is 9.59 Å². The van der Waals surface area contributed by atoms with Crippen LogP contribution in [0.4, 0.5) is 0 Å². The van der Waals surface area contributed by atoms with E-state index in [1.165, 1.54) is 11.8 Å². The van der Waals surface area contributed by atoms with E-state index in [0.717, 1.165) is 36.5 Å². The van der Waals surface area contributed by atoms with Crippen LogP contribution in [0.5, 0.6) is 0 Å². The lowest BCUT2D eigenvalue weighted by molar-refractivity contribution is 0.538. The maximum absolute atomic E-state index is 12.7. The van der Waals surface area contributed by atoms with Gasteiger partial charge in [-0.15, -0.1) is 0 Å². The molecule has 3 aromatic rings. The Morgan fingerprint density at radius 2 is 1.86 bits per heavy atom. The van der Waals surface area contributed by atoms with Crippen LogP contribution in [0.15, 0.2) is 31.9 Å². The van der Waals surface area contributed by atoms with Gasteiger partial charge >= 0.3 is 5.69 Å². The third-order valence-electron chi connectivity index (χ3n) is 5.13. The normalized spacial score (nSPS) is 17.1. The molecule has 0 spiro atoms. The van der Waals surface area contributed by atoms with Gasteiger partial charge < -0.3 is 0 Å². The van der Waals surface area contributed by atoms with E-state index in [1.54, 1.807) is 10.8 Å². The summed E-state index contributed by atoms with van der Waals surface area (Å²) in [6, 6.07) is 1.92. The van der Waals surface area contributed by atoms with Gasteiger partial charge in [-0.1, -0.05) is 20.8 Å². The molecule has 1 N–H and O–H groups in total. The monoisotopic (exact) mass is 410 g/mol. The fourth-order valence-corrected chi connectivity index (χ4v) is 4.15. The molecule has 0 unspecified atom stereocenters. The van der Waals surface area contributed by atoms with Crippen molar-refractivity contribution >= 4 is 22.8 Å². The van der Waals surface area contributed by atoms with Crippen LogP contribution in [0.2, 0.25) is 0 Å². The van der Waals surface area contributed by atoms with E-state index in [1.807, 2.05) is 6.07 Å². The molecular formula is C20H22N6O2S. The van der Waals surface area contributed by atoms with Crippen molar-refractivity contribution in [3.05, 3.63) is 44.8 Å². The minimum absolute atomic E-state index is 0.105. The number of nitrogens with zero attached hydrogens (tertiary/aromatic N) is 5. The van der Waals surface area contributed by atoms with Crippen LogP contribution in [-0.4, -0.2) is 29.5 Å². The predicted octanol–water partition coefficient (Wildman–Crippen LogP) is 2.93. The second-order valence-electron chi connectivity index (χ2n) is 8.79. The summed E-state index contributed by atoms with van der Waals surface area (Å²) in [6.45, 7) is 6.17. The number of aromatic nitrogens is 6. The molecule has 0 amide bonds. The highest BCUT2D eigenvalue weighted by molar-refractivity contribution is 7.99. The fraction of sp³-hybridized carbons (Fsp3) is 0.500. The highest BCUT2D eigenvalue weighted by Crippen LogP contribution is 2.41. The van der Waals surface area contributed by atoms with Crippen molar-refractivity contribution in [1.29, 1.82) is 0 Å². The average molecular weight is 411 g/mol. The van der Waals surface area contributed by atoms with Gasteiger partial charge in [-0.05, 0) is 43.5 Å². The van der Waals surface area contributed by atoms with Gasteiger partial charge in [-0.25, -0.2) is 24.7 Å². The molecule has 0 aromatic carbocycles. The first-order valence-electron chi connectivity index (χ1n) is 9.89. The third kappa shape index (κ3) is 3.48. The number of fused-ring (bicyclic) bond motifs is 1. The van der Waals surface area contributed by atoms with E-state index in [2.05, 4.69) is 40.7 Å². The van der Waals surface area contributed by atoms with Gasteiger partial charge in [0.05, 0.1) is 0 Å². The van der Waals surface area contributed by atoms with Gasteiger partial charge in [0.1, 0.15) is 27.1 Å². The van der Waals surface area contributed by atoms with Crippen LogP contribution < -0.4 is 11.2 Å². The first kappa shape index (κ1) is 18.5. The van der Waals surface area contributed by atoms with Crippen molar-refractivity contribution in [2.45, 2.75) is 73.9 Å². The minimum atomic E-state index is -0.447. The average Bonchev–Trinajstić information content (AvgIpc) is 3.53. The van der Waals surface area contributed by atoms with Crippen LogP contribution in [0.25, 0.3) is 11.0 Å². The lowest BCUT2D eigenvalue weighted by atomic mass is 9.96. The summed E-state index contributed by atoms with van der Waals surface area (Å²) < 4.78 is 1.63. The minimum Gasteiger partial charge on any atom is -0.274 e. The van der Waals surface area contributed by atoms with Gasteiger partial charge in [0.25, 0.3) is 5.56 Å². The van der Waals surface area contributed by atoms with E-state index >= 15 is 0 Å². The Balaban J connectivity index is 1.70. The van der Waals surface area contributed by atoms with Crippen molar-refractivity contribution < 1.29 is 0 Å². The van der Waals surface area contributed by atoms with Crippen molar-refractivity contribution in [2.24, 2.45) is 0 Å². The van der Waals surface area contributed by atoms with Crippen molar-refractivity contribution in [3.63, 3.8) is 0 Å². The number of aromatic amines is 1. The molecule has 9 heteroatoms. The number of nitrogens with one attached hydrogen (secondary N) is 1. The SMILES string of the molecule is CC(C)(C)c1nccc(Sc2nc(C3CC3)nc3c2c(=O)[nH]c(=O)n3C2CC2)n1. The molecule has 150 valence electrons. The molecule has 0 radical (unpaired) electrons. The Labute approximate surface area is 171 Å². The van der Waals surface area contributed by atoms with Crippen molar-refractivity contribution in [1.82, 2.24) is 29.5 Å². The molecule has 29 heavy (non-hydrogen) atoms. The number of rotatable bonds is 4. The van der Waals surface area contributed by atoms with Crippen LogP contribution in [-0.2, 0) is 5.41 Å². The molecule has 0 saturated heterocycles. The van der Waals surface area contributed by atoms with E-state index in [4.69, 9.17) is 4.98 Å². The van der Waals surface area contributed by atoms with E-state index < -0.39 is 11.2 Å². The Kier molecular flexibility index (Phi) is 4.13. The zero-order valence-corrected chi connectivity index (χ0v) is 17.4. The van der Waals surface area contributed by atoms with Gasteiger partial charge in [-0.2, -0.15) is 0 Å². The zero-order chi connectivity index (χ0) is 20.3. The quantitative estimate of drug-likeness (QED) is 0.659. The fourth-order valence-electron chi connectivity index (χ4n) is 3.26. The summed E-state index contributed by atoms with van der Waals surface area (Å²) in [6.07, 6.45) is 5.65. The molecule has 5 rings (SSSR count).